The highest BCUT2D eigenvalue weighted by Gasteiger charge is 2.44. The average molecular weight is 301 g/mol. The van der Waals surface area contributed by atoms with Crippen molar-refractivity contribution in [3.05, 3.63) is 0 Å². The quantitative estimate of drug-likeness (QED) is 0.335. The van der Waals surface area contributed by atoms with E-state index in [4.69, 9.17) is 9.29 Å². The summed E-state index contributed by atoms with van der Waals surface area (Å²) in [6.07, 6.45) is -6.28. The minimum Gasteiger partial charge on any atom is -0.388 e. The molecule has 0 spiro atoms. The average Bonchev–Trinajstić information content (AvgIpc) is 2.26. The van der Waals surface area contributed by atoms with Gasteiger partial charge in [-0.3, -0.25) is 9.35 Å². The molecule has 19 heavy (non-hydrogen) atoms. The second-order valence-electron chi connectivity index (χ2n) is 3.98. The van der Waals surface area contributed by atoms with E-state index >= 15 is 0 Å². The van der Waals surface area contributed by atoms with Crippen LogP contribution in [-0.2, 0) is 24.1 Å². The molecule has 112 valence electrons. The van der Waals surface area contributed by atoms with E-state index in [1.165, 1.54) is 0 Å². The van der Waals surface area contributed by atoms with E-state index in [0.29, 0.717) is 0 Å². The van der Waals surface area contributed by atoms with Gasteiger partial charge >= 0.3 is 10.4 Å². The maximum Gasteiger partial charge on any atom is 0.397 e. The number of nitrogens with one attached hydrogen (secondary N) is 1. The summed E-state index contributed by atoms with van der Waals surface area (Å²) in [7, 11) is -4.74. The number of carbonyl (C=O) groups is 1. The third kappa shape index (κ3) is 4.65. The first-order valence-electron chi connectivity index (χ1n) is 5.20. The van der Waals surface area contributed by atoms with Gasteiger partial charge < -0.3 is 25.4 Å². The third-order valence-corrected chi connectivity index (χ3v) is 2.91. The summed E-state index contributed by atoms with van der Waals surface area (Å²) in [5, 5.41) is 31.0. The molecule has 0 aromatic rings. The van der Waals surface area contributed by atoms with Crippen molar-refractivity contribution < 1.29 is 42.0 Å². The molecule has 1 rings (SSSR count). The Morgan fingerprint density at radius 2 is 1.89 bits per heavy atom. The van der Waals surface area contributed by atoms with Crippen LogP contribution in [0.4, 0.5) is 0 Å². The molecule has 1 unspecified atom stereocenters. The summed E-state index contributed by atoms with van der Waals surface area (Å²) in [5.41, 5.74) is 0. The number of carbonyl (C=O) groups excluding carboxylic acids is 1. The van der Waals surface area contributed by atoms with E-state index in [1.807, 2.05) is 0 Å². The Morgan fingerprint density at radius 1 is 1.32 bits per heavy atom. The van der Waals surface area contributed by atoms with Gasteiger partial charge in [0.1, 0.15) is 24.4 Å². The minimum atomic E-state index is -4.74. The van der Waals surface area contributed by atoms with Crippen molar-refractivity contribution in [2.45, 2.75) is 37.6 Å². The van der Waals surface area contributed by atoms with Crippen molar-refractivity contribution in [1.82, 2.24) is 5.32 Å². The molecule has 1 fully saturated rings. The number of amides is 1. The number of hydrogen-bond acceptors (Lipinski definition) is 8. The van der Waals surface area contributed by atoms with Gasteiger partial charge in [-0.25, -0.2) is 4.18 Å². The van der Waals surface area contributed by atoms with Crippen LogP contribution in [0.1, 0.15) is 6.92 Å². The molecule has 1 heterocycles. The molecular formula is C8H15NO9S. The molecule has 1 aliphatic heterocycles. The topological polar surface area (TPSA) is 163 Å². The predicted molar refractivity (Wildman–Crippen MR) is 58.0 cm³/mol. The van der Waals surface area contributed by atoms with Crippen molar-refractivity contribution in [2.24, 2.45) is 0 Å². The van der Waals surface area contributed by atoms with Crippen LogP contribution in [0.3, 0.4) is 0 Å². The Balaban J connectivity index is 2.69. The van der Waals surface area contributed by atoms with Crippen LogP contribution in [0.5, 0.6) is 0 Å². The Hall–Kier alpha value is -0.820. The highest BCUT2D eigenvalue weighted by Crippen LogP contribution is 2.20. The number of ether oxygens (including phenoxy) is 1. The summed E-state index contributed by atoms with van der Waals surface area (Å²) >= 11 is 0. The van der Waals surface area contributed by atoms with Gasteiger partial charge in [0.05, 0.1) is 6.61 Å². The van der Waals surface area contributed by atoms with Gasteiger partial charge in [0, 0.05) is 6.92 Å². The number of rotatable bonds is 4. The Bertz CT molecular complexity index is 424. The molecule has 0 bridgehead atoms. The van der Waals surface area contributed by atoms with Crippen molar-refractivity contribution in [3.8, 4) is 0 Å². The van der Waals surface area contributed by atoms with Gasteiger partial charge in [-0.15, -0.1) is 0 Å². The van der Waals surface area contributed by atoms with E-state index in [-0.39, 0.29) is 0 Å². The second kappa shape index (κ2) is 6.09. The fraction of sp³-hybridized carbons (Fsp3) is 0.875. The number of hydrogen-bond donors (Lipinski definition) is 5. The van der Waals surface area contributed by atoms with Crippen LogP contribution in [-0.4, -0.2) is 71.4 Å². The first kappa shape index (κ1) is 16.2. The zero-order valence-corrected chi connectivity index (χ0v) is 10.6. The molecular weight excluding hydrogens is 286 g/mol. The monoisotopic (exact) mass is 301 g/mol. The van der Waals surface area contributed by atoms with Crippen LogP contribution in [0.25, 0.3) is 0 Å². The molecule has 5 N–H and O–H groups in total. The SMILES string of the molecule is CC(=O)N[C@H]1C(O)O[C@H](COS(=O)(=O)O)[C@@H](O)[C@@H]1O. The smallest absolute Gasteiger partial charge is 0.388 e. The predicted octanol–water partition coefficient (Wildman–Crippen LogP) is -3.25. The van der Waals surface area contributed by atoms with Gasteiger partial charge in [-0.2, -0.15) is 8.42 Å². The third-order valence-electron chi connectivity index (χ3n) is 2.47. The van der Waals surface area contributed by atoms with Gasteiger partial charge in [0.25, 0.3) is 0 Å². The van der Waals surface area contributed by atoms with Crippen LogP contribution in [0.15, 0.2) is 0 Å². The fourth-order valence-corrected chi connectivity index (χ4v) is 1.93. The maximum absolute atomic E-state index is 10.8. The molecule has 0 saturated carbocycles. The fourth-order valence-electron chi connectivity index (χ4n) is 1.63. The van der Waals surface area contributed by atoms with Gasteiger partial charge in [-0.1, -0.05) is 0 Å². The molecule has 0 aromatic heterocycles. The number of aliphatic hydroxyl groups excluding tert-OH is 3. The molecule has 0 aliphatic carbocycles. The van der Waals surface area contributed by atoms with Crippen molar-refractivity contribution in [2.75, 3.05) is 6.61 Å². The lowest BCUT2D eigenvalue weighted by atomic mass is 9.97. The molecule has 5 atom stereocenters. The number of aliphatic hydroxyl groups is 3. The Labute approximate surface area is 108 Å². The van der Waals surface area contributed by atoms with Crippen molar-refractivity contribution in [1.29, 1.82) is 0 Å². The first-order valence-corrected chi connectivity index (χ1v) is 6.57. The lowest BCUT2D eigenvalue weighted by Gasteiger charge is -2.40. The highest BCUT2D eigenvalue weighted by atomic mass is 32.3. The molecule has 0 aromatic carbocycles. The molecule has 1 amide bonds. The van der Waals surface area contributed by atoms with Crippen molar-refractivity contribution >= 4 is 16.3 Å². The Kier molecular flexibility index (Phi) is 5.20. The van der Waals surface area contributed by atoms with Crippen LogP contribution in [0.2, 0.25) is 0 Å². The molecule has 1 aliphatic rings. The van der Waals surface area contributed by atoms with Crippen LogP contribution < -0.4 is 5.32 Å². The lowest BCUT2D eigenvalue weighted by Crippen LogP contribution is -2.64. The van der Waals surface area contributed by atoms with Crippen LogP contribution >= 0.6 is 0 Å². The first-order chi connectivity index (χ1) is 8.61. The summed E-state index contributed by atoms with van der Waals surface area (Å²) in [4.78, 5) is 10.8. The molecule has 11 heteroatoms. The van der Waals surface area contributed by atoms with Gasteiger partial charge in [0.2, 0.25) is 5.91 Å². The summed E-state index contributed by atoms with van der Waals surface area (Å²) in [6, 6.07) is -1.27. The van der Waals surface area contributed by atoms with Crippen molar-refractivity contribution in [3.63, 3.8) is 0 Å². The van der Waals surface area contributed by atoms with E-state index in [9.17, 15) is 28.5 Å². The van der Waals surface area contributed by atoms with Gasteiger partial charge in [0.15, 0.2) is 6.29 Å². The Morgan fingerprint density at radius 3 is 2.37 bits per heavy atom. The standard InChI is InChI=1S/C8H15NO9S/c1-3(10)9-5-7(12)6(11)4(18-8(5)13)2-17-19(14,15)16/h4-8,11-13H,2H2,1H3,(H,9,10)(H,14,15,16)/t4-,5-,6-,7-,8?/m1/s1. The summed E-state index contributed by atoms with van der Waals surface area (Å²) < 4.78 is 37.9. The van der Waals surface area contributed by atoms with E-state index in [0.717, 1.165) is 6.92 Å². The van der Waals surface area contributed by atoms with E-state index in [1.54, 1.807) is 0 Å². The summed E-state index contributed by atoms with van der Waals surface area (Å²) in [5.74, 6) is -0.563. The lowest BCUT2D eigenvalue weighted by molar-refractivity contribution is -0.252. The summed E-state index contributed by atoms with van der Waals surface area (Å²) in [6.45, 7) is 0.334. The van der Waals surface area contributed by atoms with E-state index in [2.05, 4.69) is 9.50 Å². The normalized spacial score (nSPS) is 35.9. The van der Waals surface area contributed by atoms with Crippen LogP contribution in [0, 0.1) is 0 Å². The second-order valence-corrected chi connectivity index (χ2v) is 5.08. The highest BCUT2D eigenvalue weighted by molar-refractivity contribution is 7.80. The molecule has 1 saturated heterocycles. The minimum absolute atomic E-state index is 0.563. The van der Waals surface area contributed by atoms with E-state index < -0.39 is 53.6 Å². The largest absolute Gasteiger partial charge is 0.397 e. The zero-order chi connectivity index (χ0) is 14.8. The maximum atomic E-state index is 10.8. The molecule has 0 radical (unpaired) electrons. The zero-order valence-electron chi connectivity index (χ0n) is 9.83. The van der Waals surface area contributed by atoms with Gasteiger partial charge in [-0.05, 0) is 0 Å². The molecule has 10 nitrogen and oxygen atoms in total.